The predicted octanol–water partition coefficient (Wildman–Crippen LogP) is 3.22. The lowest BCUT2D eigenvalue weighted by atomic mass is 10.2. The van der Waals surface area contributed by atoms with E-state index in [2.05, 4.69) is 20.9 Å². The van der Waals surface area contributed by atoms with E-state index < -0.39 is 0 Å². The molecule has 2 aromatic rings. The fourth-order valence-electron chi connectivity index (χ4n) is 1.39. The number of nitrogens with zero attached hydrogens (tertiary/aromatic N) is 2. The summed E-state index contributed by atoms with van der Waals surface area (Å²) in [6.45, 7) is 0. The molecule has 0 aliphatic heterocycles. The Morgan fingerprint density at radius 1 is 1.35 bits per heavy atom. The van der Waals surface area contributed by atoms with E-state index in [4.69, 9.17) is 17.0 Å². The van der Waals surface area contributed by atoms with Gasteiger partial charge in [-0.15, -0.1) is 0 Å². The van der Waals surface area contributed by atoms with Gasteiger partial charge in [0.1, 0.15) is 0 Å². The summed E-state index contributed by atoms with van der Waals surface area (Å²) >= 11 is 8.54. The summed E-state index contributed by atoms with van der Waals surface area (Å²) in [5, 5.41) is 2.42. The molecule has 17 heavy (non-hydrogen) atoms. The Morgan fingerprint density at radius 3 is 2.82 bits per heavy atom. The summed E-state index contributed by atoms with van der Waals surface area (Å²) in [5.41, 5.74) is 0. The van der Waals surface area contributed by atoms with Crippen molar-refractivity contribution in [3.05, 3.63) is 35.1 Å². The van der Waals surface area contributed by atoms with Gasteiger partial charge in [-0.1, -0.05) is 15.9 Å². The number of pyridine rings is 1. The van der Waals surface area contributed by atoms with E-state index in [1.807, 2.05) is 32.3 Å². The van der Waals surface area contributed by atoms with Crippen molar-refractivity contribution in [1.82, 2.24) is 9.88 Å². The molecule has 0 aliphatic carbocycles. The zero-order chi connectivity index (χ0) is 12.4. The smallest absolute Gasteiger partial charge is 0.264 e. The highest BCUT2D eigenvalue weighted by atomic mass is 79.9. The van der Waals surface area contributed by atoms with Crippen molar-refractivity contribution in [2.75, 3.05) is 14.1 Å². The monoisotopic (exact) mass is 310 g/mol. The van der Waals surface area contributed by atoms with Crippen LogP contribution in [-0.2, 0) is 0 Å². The average Bonchev–Trinajstić information content (AvgIpc) is 2.28. The number of rotatable bonds is 1. The molecular formula is C12H11BrN2OS. The van der Waals surface area contributed by atoms with Crippen molar-refractivity contribution in [2.24, 2.45) is 0 Å². The Hall–Kier alpha value is -1.20. The van der Waals surface area contributed by atoms with Gasteiger partial charge in [0.05, 0.1) is 6.20 Å². The highest BCUT2D eigenvalue weighted by Gasteiger charge is 2.07. The van der Waals surface area contributed by atoms with E-state index >= 15 is 0 Å². The third kappa shape index (κ3) is 2.73. The molecule has 0 unspecified atom stereocenters. The van der Waals surface area contributed by atoms with E-state index in [1.165, 1.54) is 0 Å². The van der Waals surface area contributed by atoms with Crippen molar-refractivity contribution in [3.63, 3.8) is 0 Å². The molecule has 1 heterocycles. The molecule has 0 N–H and O–H groups in total. The van der Waals surface area contributed by atoms with E-state index in [0.29, 0.717) is 10.9 Å². The lowest BCUT2D eigenvalue weighted by Gasteiger charge is -2.15. The number of hydrogen-bond donors (Lipinski definition) is 0. The standard InChI is InChI=1S/C12H11BrN2OS/c1-15(2)12(17)16-11-7-14-6-8-5-9(13)3-4-10(8)11/h3-7H,1-2H3. The van der Waals surface area contributed by atoms with E-state index in [9.17, 15) is 0 Å². The molecule has 3 nitrogen and oxygen atoms in total. The van der Waals surface area contributed by atoms with E-state index in [1.54, 1.807) is 17.3 Å². The summed E-state index contributed by atoms with van der Waals surface area (Å²) in [6.07, 6.45) is 3.47. The minimum atomic E-state index is 0.419. The fraction of sp³-hybridized carbons (Fsp3) is 0.167. The quantitative estimate of drug-likeness (QED) is 0.755. The molecule has 0 saturated carbocycles. The van der Waals surface area contributed by atoms with Crippen molar-refractivity contribution >= 4 is 44.1 Å². The first-order valence-corrected chi connectivity index (χ1v) is 6.20. The molecule has 0 atom stereocenters. The minimum absolute atomic E-state index is 0.419. The first kappa shape index (κ1) is 12.3. The molecule has 2 rings (SSSR count). The van der Waals surface area contributed by atoms with Crippen LogP contribution in [0.25, 0.3) is 10.8 Å². The van der Waals surface area contributed by atoms with Gasteiger partial charge in [-0.2, -0.15) is 0 Å². The van der Waals surface area contributed by atoms with Crippen LogP contribution in [0.1, 0.15) is 0 Å². The molecule has 0 aliphatic rings. The van der Waals surface area contributed by atoms with Crippen LogP contribution in [0, 0.1) is 0 Å². The van der Waals surface area contributed by atoms with Crippen LogP contribution in [0.15, 0.2) is 35.1 Å². The van der Waals surface area contributed by atoms with Crippen LogP contribution < -0.4 is 4.74 Å². The number of fused-ring (bicyclic) bond motifs is 1. The first-order valence-electron chi connectivity index (χ1n) is 5.00. The molecule has 5 heteroatoms. The minimum Gasteiger partial charge on any atom is -0.429 e. The van der Waals surface area contributed by atoms with Crippen LogP contribution in [0.2, 0.25) is 0 Å². The summed E-state index contributed by atoms with van der Waals surface area (Å²) < 4.78 is 6.62. The second kappa shape index (κ2) is 4.98. The fourth-order valence-corrected chi connectivity index (χ4v) is 1.85. The maximum absolute atomic E-state index is 5.61. The SMILES string of the molecule is CN(C)C(=S)Oc1cncc2cc(Br)ccc12. The Bertz CT molecular complexity index is 571. The summed E-state index contributed by atoms with van der Waals surface area (Å²) in [5.74, 6) is 0.675. The van der Waals surface area contributed by atoms with Gasteiger partial charge in [-0.05, 0) is 30.4 Å². The molecule has 0 fully saturated rings. The summed E-state index contributed by atoms with van der Waals surface area (Å²) in [4.78, 5) is 5.89. The highest BCUT2D eigenvalue weighted by molar-refractivity contribution is 9.10. The predicted molar refractivity (Wildman–Crippen MR) is 76.4 cm³/mol. The van der Waals surface area contributed by atoms with Gasteiger partial charge >= 0.3 is 0 Å². The largest absolute Gasteiger partial charge is 0.429 e. The molecule has 0 spiro atoms. The number of benzene rings is 1. The second-order valence-corrected chi connectivity index (χ2v) is 5.03. The zero-order valence-corrected chi connectivity index (χ0v) is 11.9. The van der Waals surface area contributed by atoms with Crippen LogP contribution in [0.5, 0.6) is 5.75 Å². The highest BCUT2D eigenvalue weighted by Crippen LogP contribution is 2.27. The lowest BCUT2D eigenvalue weighted by Crippen LogP contribution is -2.25. The Balaban J connectivity index is 2.44. The van der Waals surface area contributed by atoms with Crippen molar-refractivity contribution < 1.29 is 4.74 Å². The molecular weight excluding hydrogens is 300 g/mol. The number of aromatic nitrogens is 1. The molecule has 1 aromatic heterocycles. The number of hydrogen-bond acceptors (Lipinski definition) is 3. The van der Waals surface area contributed by atoms with Crippen LogP contribution in [0.4, 0.5) is 0 Å². The normalized spacial score (nSPS) is 10.3. The molecule has 88 valence electrons. The van der Waals surface area contributed by atoms with Crippen LogP contribution >= 0.6 is 28.1 Å². The molecule has 0 bridgehead atoms. The Kier molecular flexibility index (Phi) is 3.59. The van der Waals surface area contributed by atoms with Gasteiger partial charge in [-0.3, -0.25) is 4.98 Å². The maximum atomic E-state index is 5.61. The van der Waals surface area contributed by atoms with Crippen molar-refractivity contribution in [2.45, 2.75) is 0 Å². The van der Waals surface area contributed by atoms with E-state index in [0.717, 1.165) is 15.2 Å². The average molecular weight is 311 g/mol. The van der Waals surface area contributed by atoms with Gasteiger partial charge in [0.25, 0.3) is 5.17 Å². The van der Waals surface area contributed by atoms with Gasteiger partial charge < -0.3 is 9.64 Å². The van der Waals surface area contributed by atoms with Crippen LogP contribution in [0.3, 0.4) is 0 Å². The number of thiocarbonyl (C=S) groups is 1. The van der Waals surface area contributed by atoms with E-state index in [-0.39, 0.29) is 0 Å². The van der Waals surface area contributed by atoms with Gasteiger partial charge in [0, 0.05) is 35.5 Å². The first-order chi connectivity index (χ1) is 8.08. The topological polar surface area (TPSA) is 25.4 Å². The maximum Gasteiger partial charge on any atom is 0.264 e. The second-order valence-electron chi connectivity index (χ2n) is 3.77. The Labute approximate surface area is 114 Å². The molecule has 0 saturated heterocycles. The molecule has 0 radical (unpaired) electrons. The zero-order valence-electron chi connectivity index (χ0n) is 9.48. The summed E-state index contributed by atoms with van der Waals surface area (Å²) in [7, 11) is 3.69. The number of halogens is 1. The lowest BCUT2D eigenvalue weighted by molar-refractivity contribution is 0.451. The third-order valence-corrected chi connectivity index (χ3v) is 3.19. The molecule has 1 aromatic carbocycles. The summed E-state index contributed by atoms with van der Waals surface area (Å²) in [6, 6.07) is 5.94. The van der Waals surface area contributed by atoms with Crippen molar-refractivity contribution in [3.8, 4) is 5.75 Å². The van der Waals surface area contributed by atoms with Gasteiger partial charge in [0.2, 0.25) is 0 Å². The van der Waals surface area contributed by atoms with Gasteiger partial charge in [-0.25, -0.2) is 0 Å². The Morgan fingerprint density at radius 2 is 2.12 bits per heavy atom. The number of ether oxygens (including phenoxy) is 1. The van der Waals surface area contributed by atoms with Crippen molar-refractivity contribution in [1.29, 1.82) is 0 Å². The third-order valence-electron chi connectivity index (χ3n) is 2.25. The molecule has 0 amide bonds. The van der Waals surface area contributed by atoms with Crippen LogP contribution in [-0.4, -0.2) is 29.2 Å². The van der Waals surface area contributed by atoms with Gasteiger partial charge in [0.15, 0.2) is 5.75 Å².